The third kappa shape index (κ3) is 3.44. The van der Waals surface area contributed by atoms with E-state index in [0.717, 1.165) is 12.5 Å². The summed E-state index contributed by atoms with van der Waals surface area (Å²) in [6, 6.07) is 0. The maximum atomic E-state index is 6.07. The Labute approximate surface area is 112 Å². The Bertz CT molecular complexity index is 247. The summed E-state index contributed by atoms with van der Waals surface area (Å²) in [7, 11) is 6.17. The summed E-state index contributed by atoms with van der Waals surface area (Å²) in [6.07, 6.45) is 1.30. The predicted molar refractivity (Wildman–Crippen MR) is 76.7 cm³/mol. The molecule has 1 rings (SSSR count). The maximum Gasteiger partial charge on any atom is 0.0661 e. The van der Waals surface area contributed by atoms with Crippen LogP contribution < -0.4 is 5.73 Å². The second-order valence-electron chi connectivity index (χ2n) is 6.19. The third-order valence-corrected chi connectivity index (χ3v) is 4.60. The van der Waals surface area contributed by atoms with Gasteiger partial charge in [0.2, 0.25) is 0 Å². The van der Waals surface area contributed by atoms with Crippen LogP contribution in [-0.2, 0) is 4.74 Å². The molecular weight excluding hydrogens is 226 g/mol. The fraction of sp³-hybridized carbons (Fsp3) is 1.00. The van der Waals surface area contributed by atoms with Crippen molar-refractivity contribution in [2.24, 2.45) is 17.6 Å². The van der Waals surface area contributed by atoms with Gasteiger partial charge in [-0.15, -0.1) is 0 Å². The summed E-state index contributed by atoms with van der Waals surface area (Å²) in [4.78, 5) is 4.85. The van der Waals surface area contributed by atoms with Crippen molar-refractivity contribution >= 4 is 0 Å². The molecule has 0 spiro atoms. The number of likely N-dealkylation sites (tertiary alicyclic amines) is 1. The molecule has 0 aromatic rings. The fourth-order valence-electron chi connectivity index (χ4n) is 3.16. The van der Waals surface area contributed by atoms with Crippen LogP contribution in [0.2, 0.25) is 0 Å². The molecule has 1 heterocycles. The molecule has 2 N–H and O–H groups in total. The van der Waals surface area contributed by atoms with Gasteiger partial charge in [0.15, 0.2) is 0 Å². The van der Waals surface area contributed by atoms with Crippen molar-refractivity contribution in [1.82, 2.24) is 9.80 Å². The normalized spacial score (nSPS) is 25.0. The largest absolute Gasteiger partial charge is 0.383 e. The molecule has 2 unspecified atom stereocenters. The molecule has 0 amide bonds. The van der Waals surface area contributed by atoms with Crippen LogP contribution in [0.3, 0.4) is 0 Å². The van der Waals surface area contributed by atoms with Gasteiger partial charge in [-0.1, -0.05) is 13.8 Å². The van der Waals surface area contributed by atoms with Gasteiger partial charge in [0.25, 0.3) is 0 Å². The van der Waals surface area contributed by atoms with E-state index in [9.17, 15) is 0 Å². The second-order valence-corrected chi connectivity index (χ2v) is 6.19. The number of nitrogens with two attached hydrogens (primary N) is 1. The quantitative estimate of drug-likeness (QED) is 0.735. The van der Waals surface area contributed by atoms with Crippen LogP contribution in [0.1, 0.15) is 20.3 Å². The monoisotopic (exact) mass is 257 g/mol. The summed E-state index contributed by atoms with van der Waals surface area (Å²) in [5.74, 6) is 1.26. The highest BCUT2D eigenvalue weighted by molar-refractivity contribution is 4.94. The lowest BCUT2D eigenvalue weighted by Crippen LogP contribution is -2.60. The Balaban J connectivity index is 2.66. The molecule has 0 saturated carbocycles. The van der Waals surface area contributed by atoms with Crippen LogP contribution in [0.25, 0.3) is 0 Å². The first-order valence-corrected chi connectivity index (χ1v) is 7.05. The summed E-state index contributed by atoms with van der Waals surface area (Å²) in [6.45, 7) is 9.38. The molecule has 0 aliphatic carbocycles. The van der Waals surface area contributed by atoms with Gasteiger partial charge in [-0.2, -0.15) is 0 Å². The zero-order chi connectivity index (χ0) is 13.8. The molecule has 0 aromatic heterocycles. The lowest BCUT2D eigenvalue weighted by Gasteiger charge is -2.45. The van der Waals surface area contributed by atoms with E-state index < -0.39 is 0 Å². The lowest BCUT2D eigenvalue weighted by atomic mass is 9.84. The van der Waals surface area contributed by atoms with Crippen molar-refractivity contribution in [3.63, 3.8) is 0 Å². The minimum atomic E-state index is -0.0318. The highest BCUT2D eigenvalue weighted by atomic mass is 16.5. The SMILES string of the molecule is COCC(CN)(C(C)C)N(C)CC1CCN(C)C1. The number of ether oxygens (including phenoxy) is 1. The average molecular weight is 257 g/mol. The highest BCUT2D eigenvalue weighted by Gasteiger charge is 2.38. The molecular formula is C14H31N3O. The van der Waals surface area contributed by atoms with Crippen molar-refractivity contribution in [2.45, 2.75) is 25.8 Å². The molecule has 2 atom stereocenters. The molecule has 108 valence electrons. The number of nitrogens with zero attached hydrogens (tertiary/aromatic N) is 2. The van der Waals surface area contributed by atoms with Gasteiger partial charge in [-0.05, 0) is 38.9 Å². The zero-order valence-electron chi connectivity index (χ0n) is 12.8. The summed E-state index contributed by atoms with van der Waals surface area (Å²) in [5.41, 5.74) is 6.03. The minimum Gasteiger partial charge on any atom is -0.383 e. The Morgan fingerprint density at radius 1 is 1.50 bits per heavy atom. The number of hydrogen-bond donors (Lipinski definition) is 1. The Hall–Kier alpha value is -0.160. The van der Waals surface area contributed by atoms with Crippen molar-refractivity contribution in [3.8, 4) is 0 Å². The minimum absolute atomic E-state index is 0.0318. The first-order chi connectivity index (χ1) is 8.46. The van der Waals surface area contributed by atoms with E-state index in [1.54, 1.807) is 7.11 Å². The van der Waals surface area contributed by atoms with Gasteiger partial charge >= 0.3 is 0 Å². The van der Waals surface area contributed by atoms with Crippen LogP contribution in [-0.4, -0.2) is 69.3 Å². The number of likely N-dealkylation sites (N-methyl/N-ethyl adjacent to an activating group) is 1. The van der Waals surface area contributed by atoms with Gasteiger partial charge in [0, 0.05) is 26.7 Å². The van der Waals surface area contributed by atoms with E-state index >= 15 is 0 Å². The van der Waals surface area contributed by atoms with E-state index in [1.165, 1.54) is 19.5 Å². The second kappa shape index (κ2) is 6.85. The fourth-order valence-corrected chi connectivity index (χ4v) is 3.16. The molecule has 1 aliphatic heterocycles. The van der Waals surface area contributed by atoms with Gasteiger partial charge < -0.3 is 15.4 Å². The van der Waals surface area contributed by atoms with Crippen LogP contribution >= 0.6 is 0 Å². The van der Waals surface area contributed by atoms with Crippen molar-refractivity contribution < 1.29 is 4.74 Å². The van der Waals surface area contributed by atoms with Crippen LogP contribution in [0.15, 0.2) is 0 Å². The molecule has 1 fully saturated rings. The molecule has 0 bridgehead atoms. The van der Waals surface area contributed by atoms with E-state index in [0.29, 0.717) is 19.1 Å². The van der Waals surface area contributed by atoms with Gasteiger partial charge in [-0.3, -0.25) is 4.90 Å². The topological polar surface area (TPSA) is 41.7 Å². The summed E-state index contributed by atoms with van der Waals surface area (Å²) in [5, 5.41) is 0. The smallest absolute Gasteiger partial charge is 0.0661 e. The Morgan fingerprint density at radius 3 is 2.56 bits per heavy atom. The predicted octanol–water partition coefficient (Wildman–Crippen LogP) is 0.870. The molecule has 4 nitrogen and oxygen atoms in total. The van der Waals surface area contributed by atoms with E-state index in [2.05, 4.69) is 37.7 Å². The first kappa shape index (κ1) is 15.9. The van der Waals surface area contributed by atoms with Crippen LogP contribution in [0.5, 0.6) is 0 Å². The zero-order valence-corrected chi connectivity index (χ0v) is 12.8. The molecule has 1 aliphatic rings. The van der Waals surface area contributed by atoms with Crippen molar-refractivity contribution in [3.05, 3.63) is 0 Å². The summed E-state index contributed by atoms with van der Waals surface area (Å²) >= 11 is 0. The lowest BCUT2D eigenvalue weighted by molar-refractivity contribution is -0.00788. The third-order valence-electron chi connectivity index (χ3n) is 4.60. The first-order valence-electron chi connectivity index (χ1n) is 7.05. The number of methoxy groups -OCH3 is 1. The van der Waals surface area contributed by atoms with Crippen molar-refractivity contribution in [2.75, 3.05) is 54.0 Å². The molecule has 0 aromatic carbocycles. The maximum absolute atomic E-state index is 6.07. The van der Waals surface area contributed by atoms with Crippen LogP contribution in [0, 0.1) is 11.8 Å². The highest BCUT2D eigenvalue weighted by Crippen LogP contribution is 2.26. The Kier molecular flexibility index (Phi) is 6.05. The van der Waals surface area contributed by atoms with Crippen molar-refractivity contribution in [1.29, 1.82) is 0 Å². The summed E-state index contributed by atoms with van der Waals surface area (Å²) < 4.78 is 5.43. The van der Waals surface area contributed by atoms with Gasteiger partial charge in [0.05, 0.1) is 12.1 Å². The van der Waals surface area contributed by atoms with E-state index in [-0.39, 0.29) is 5.54 Å². The van der Waals surface area contributed by atoms with Crippen LogP contribution in [0.4, 0.5) is 0 Å². The molecule has 0 radical (unpaired) electrons. The Morgan fingerprint density at radius 2 is 2.17 bits per heavy atom. The number of hydrogen-bond acceptors (Lipinski definition) is 4. The molecule has 1 saturated heterocycles. The van der Waals surface area contributed by atoms with Gasteiger partial charge in [-0.25, -0.2) is 0 Å². The van der Waals surface area contributed by atoms with E-state index in [1.807, 2.05) is 0 Å². The van der Waals surface area contributed by atoms with Gasteiger partial charge in [0.1, 0.15) is 0 Å². The molecule has 18 heavy (non-hydrogen) atoms. The van der Waals surface area contributed by atoms with E-state index in [4.69, 9.17) is 10.5 Å². The standard InChI is InChI=1S/C14H31N3O/c1-12(2)14(10-15,11-18-5)17(4)9-13-6-7-16(3)8-13/h12-13H,6-11,15H2,1-5H3. The average Bonchev–Trinajstić information content (AvgIpc) is 2.71. The molecule has 4 heteroatoms. The number of rotatable bonds is 7.